The summed E-state index contributed by atoms with van der Waals surface area (Å²) >= 11 is 0. The number of nitriles is 1. The Morgan fingerprint density at radius 2 is 2.20 bits per heavy atom. The van der Waals surface area contributed by atoms with Crippen LogP contribution >= 0.6 is 0 Å². The molecule has 0 bridgehead atoms. The SMILES string of the molecule is CCCC(CC)NCC(=O)NCCC#N. The zero-order chi connectivity index (χ0) is 11.5. The van der Waals surface area contributed by atoms with E-state index in [0.29, 0.717) is 25.6 Å². The van der Waals surface area contributed by atoms with Crippen LogP contribution < -0.4 is 10.6 Å². The summed E-state index contributed by atoms with van der Waals surface area (Å²) in [7, 11) is 0. The van der Waals surface area contributed by atoms with Crippen molar-refractivity contribution in [2.75, 3.05) is 13.1 Å². The van der Waals surface area contributed by atoms with Crippen molar-refractivity contribution in [3.05, 3.63) is 0 Å². The van der Waals surface area contributed by atoms with Crippen LogP contribution in [0.4, 0.5) is 0 Å². The first kappa shape index (κ1) is 13.9. The number of nitrogens with one attached hydrogen (secondary N) is 2. The molecule has 4 nitrogen and oxygen atoms in total. The first-order valence-corrected chi connectivity index (χ1v) is 5.61. The summed E-state index contributed by atoms with van der Waals surface area (Å²) in [6.07, 6.45) is 3.64. The molecule has 1 atom stereocenters. The second-order valence-electron chi connectivity index (χ2n) is 3.53. The Bertz CT molecular complexity index is 210. The Hall–Kier alpha value is -1.08. The lowest BCUT2D eigenvalue weighted by Gasteiger charge is -2.15. The summed E-state index contributed by atoms with van der Waals surface area (Å²) < 4.78 is 0. The molecule has 4 heteroatoms. The van der Waals surface area contributed by atoms with Crippen molar-refractivity contribution in [3.8, 4) is 6.07 Å². The molecular formula is C11H21N3O. The smallest absolute Gasteiger partial charge is 0.233 e. The Balaban J connectivity index is 3.55. The van der Waals surface area contributed by atoms with Gasteiger partial charge in [-0.15, -0.1) is 0 Å². The summed E-state index contributed by atoms with van der Waals surface area (Å²) in [4.78, 5) is 11.3. The number of hydrogen-bond donors (Lipinski definition) is 2. The van der Waals surface area contributed by atoms with E-state index >= 15 is 0 Å². The van der Waals surface area contributed by atoms with E-state index in [1.807, 2.05) is 6.07 Å². The van der Waals surface area contributed by atoms with Crippen molar-refractivity contribution in [1.82, 2.24) is 10.6 Å². The van der Waals surface area contributed by atoms with Crippen LogP contribution in [-0.4, -0.2) is 25.0 Å². The highest BCUT2D eigenvalue weighted by Crippen LogP contribution is 1.99. The van der Waals surface area contributed by atoms with Crippen molar-refractivity contribution < 1.29 is 4.79 Å². The zero-order valence-electron chi connectivity index (χ0n) is 9.68. The van der Waals surface area contributed by atoms with E-state index in [0.717, 1.165) is 19.3 Å². The van der Waals surface area contributed by atoms with E-state index in [2.05, 4.69) is 24.5 Å². The van der Waals surface area contributed by atoms with Gasteiger partial charge in [0.05, 0.1) is 19.0 Å². The lowest BCUT2D eigenvalue weighted by Crippen LogP contribution is -2.39. The summed E-state index contributed by atoms with van der Waals surface area (Å²) in [5.41, 5.74) is 0. The van der Waals surface area contributed by atoms with Crippen LogP contribution in [0.3, 0.4) is 0 Å². The summed E-state index contributed by atoms with van der Waals surface area (Å²) in [6, 6.07) is 2.41. The molecule has 0 saturated carbocycles. The fourth-order valence-electron chi connectivity index (χ4n) is 1.36. The highest BCUT2D eigenvalue weighted by atomic mass is 16.1. The second-order valence-corrected chi connectivity index (χ2v) is 3.53. The zero-order valence-corrected chi connectivity index (χ0v) is 9.68. The largest absolute Gasteiger partial charge is 0.354 e. The topological polar surface area (TPSA) is 64.9 Å². The van der Waals surface area contributed by atoms with Crippen molar-refractivity contribution in [2.45, 2.75) is 45.6 Å². The minimum Gasteiger partial charge on any atom is -0.354 e. The Morgan fingerprint density at radius 3 is 2.73 bits per heavy atom. The Morgan fingerprint density at radius 1 is 1.47 bits per heavy atom. The third-order valence-corrected chi connectivity index (χ3v) is 2.24. The molecule has 0 aromatic heterocycles. The molecule has 0 aromatic carbocycles. The highest BCUT2D eigenvalue weighted by molar-refractivity contribution is 5.77. The van der Waals surface area contributed by atoms with Crippen molar-refractivity contribution >= 4 is 5.91 Å². The number of hydrogen-bond acceptors (Lipinski definition) is 3. The van der Waals surface area contributed by atoms with E-state index in [1.54, 1.807) is 0 Å². The third kappa shape index (κ3) is 7.95. The molecule has 0 saturated heterocycles. The monoisotopic (exact) mass is 211 g/mol. The molecule has 1 amide bonds. The fourth-order valence-corrected chi connectivity index (χ4v) is 1.36. The quantitative estimate of drug-likeness (QED) is 0.593. The van der Waals surface area contributed by atoms with E-state index in [4.69, 9.17) is 5.26 Å². The number of carbonyl (C=O) groups is 1. The van der Waals surface area contributed by atoms with Gasteiger partial charge < -0.3 is 10.6 Å². The molecule has 0 aliphatic rings. The van der Waals surface area contributed by atoms with Crippen LogP contribution in [0.25, 0.3) is 0 Å². The van der Waals surface area contributed by atoms with Gasteiger partial charge in [0, 0.05) is 12.6 Å². The molecule has 0 aromatic rings. The van der Waals surface area contributed by atoms with E-state index < -0.39 is 0 Å². The first-order chi connectivity index (χ1) is 7.24. The Labute approximate surface area is 92.0 Å². The molecule has 86 valence electrons. The molecule has 15 heavy (non-hydrogen) atoms. The summed E-state index contributed by atoms with van der Waals surface area (Å²) in [5.74, 6) is -0.0280. The predicted molar refractivity (Wildman–Crippen MR) is 60.2 cm³/mol. The second kappa shape index (κ2) is 9.47. The normalized spacial score (nSPS) is 11.8. The molecule has 2 N–H and O–H groups in total. The van der Waals surface area contributed by atoms with Crippen molar-refractivity contribution in [1.29, 1.82) is 5.26 Å². The van der Waals surface area contributed by atoms with Crippen molar-refractivity contribution in [3.63, 3.8) is 0 Å². The molecule has 0 spiro atoms. The van der Waals surface area contributed by atoms with Gasteiger partial charge >= 0.3 is 0 Å². The van der Waals surface area contributed by atoms with Crippen LogP contribution in [0.1, 0.15) is 39.5 Å². The van der Waals surface area contributed by atoms with Crippen LogP contribution in [0.5, 0.6) is 0 Å². The molecule has 1 unspecified atom stereocenters. The minimum absolute atomic E-state index is 0.0280. The van der Waals surface area contributed by atoms with Crippen LogP contribution in [0.2, 0.25) is 0 Å². The van der Waals surface area contributed by atoms with Gasteiger partial charge in [-0.05, 0) is 12.8 Å². The number of carbonyl (C=O) groups excluding carboxylic acids is 1. The maximum atomic E-state index is 11.3. The van der Waals surface area contributed by atoms with Crippen LogP contribution in [-0.2, 0) is 4.79 Å². The first-order valence-electron chi connectivity index (χ1n) is 5.61. The van der Waals surface area contributed by atoms with Crippen LogP contribution in [0, 0.1) is 11.3 Å². The lowest BCUT2D eigenvalue weighted by molar-refractivity contribution is -0.120. The summed E-state index contributed by atoms with van der Waals surface area (Å²) in [5, 5.41) is 14.2. The molecule has 0 aliphatic heterocycles. The van der Waals surface area contributed by atoms with Gasteiger partial charge in [-0.25, -0.2) is 0 Å². The van der Waals surface area contributed by atoms with E-state index in [-0.39, 0.29) is 5.91 Å². The minimum atomic E-state index is -0.0280. The fraction of sp³-hybridized carbons (Fsp3) is 0.818. The number of nitrogens with zero attached hydrogens (tertiary/aromatic N) is 1. The molecule has 0 heterocycles. The highest BCUT2D eigenvalue weighted by Gasteiger charge is 2.06. The standard InChI is InChI=1S/C11H21N3O/c1-3-6-10(4-2)14-9-11(15)13-8-5-7-12/h10,14H,3-6,8-9H2,1-2H3,(H,13,15). The van der Waals surface area contributed by atoms with E-state index in [9.17, 15) is 4.79 Å². The van der Waals surface area contributed by atoms with Crippen molar-refractivity contribution in [2.24, 2.45) is 0 Å². The average molecular weight is 211 g/mol. The molecular weight excluding hydrogens is 190 g/mol. The lowest BCUT2D eigenvalue weighted by atomic mass is 10.1. The molecule has 0 rings (SSSR count). The van der Waals surface area contributed by atoms with Gasteiger partial charge in [-0.1, -0.05) is 20.3 Å². The van der Waals surface area contributed by atoms with Crippen LogP contribution in [0.15, 0.2) is 0 Å². The van der Waals surface area contributed by atoms with Gasteiger partial charge in [0.1, 0.15) is 0 Å². The van der Waals surface area contributed by atoms with Gasteiger partial charge in [0.15, 0.2) is 0 Å². The summed E-state index contributed by atoms with van der Waals surface area (Å²) in [6.45, 7) is 5.05. The third-order valence-electron chi connectivity index (χ3n) is 2.24. The molecule has 0 aliphatic carbocycles. The van der Waals surface area contributed by atoms with Gasteiger partial charge in [0.25, 0.3) is 0 Å². The van der Waals surface area contributed by atoms with Gasteiger partial charge in [-0.2, -0.15) is 5.26 Å². The molecule has 0 radical (unpaired) electrons. The van der Waals surface area contributed by atoms with Gasteiger partial charge in [-0.3, -0.25) is 4.79 Å². The maximum Gasteiger partial charge on any atom is 0.233 e. The predicted octanol–water partition coefficient (Wildman–Crippen LogP) is 1.18. The van der Waals surface area contributed by atoms with Gasteiger partial charge in [0.2, 0.25) is 5.91 Å². The number of amides is 1. The average Bonchev–Trinajstić information content (AvgIpc) is 2.24. The van der Waals surface area contributed by atoms with E-state index in [1.165, 1.54) is 0 Å². The number of rotatable bonds is 8. The maximum absolute atomic E-state index is 11.3. The Kier molecular flexibility index (Phi) is 8.79. The molecule has 0 fully saturated rings.